The normalized spacial score (nSPS) is 18.0. The van der Waals surface area contributed by atoms with Gasteiger partial charge in [0.25, 0.3) is 0 Å². The summed E-state index contributed by atoms with van der Waals surface area (Å²) in [7, 11) is 1.89. The van der Waals surface area contributed by atoms with Gasteiger partial charge in [0.1, 0.15) is 5.75 Å². The van der Waals surface area contributed by atoms with E-state index in [0.29, 0.717) is 35.7 Å². The minimum absolute atomic E-state index is 0.0536. The maximum absolute atomic E-state index is 13.2. The number of fused-ring (bicyclic) bond motifs is 2. The van der Waals surface area contributed by atoms with Gasteiger partial charge in [0.2, 0.25) is 15.9 Å². The van der Waals surface area contributed by atoms with E-state index in [1.165, 1.54) is 15.4 Å². The molecule has 2 heterocycles. The highest BCUT2D eigenvalue weighted by Crippen LogP contribution is 2.32. The molecule has 2 aromatic rings. The smallest absolute Gasteiger partial charge is 0.243 e. The van der Waals surface area contributed by atoms with Crippen molar-refractivity contribution in [2.75, 3.05) is 47.4 Å². The topological polar surface area (TPSA) is 70.2 Å². The first-order chi connectivity index (χ1) is 16.2. The summed E-state index contributed by atoms with van der Waals surface area (Å²) in [4.78, 5) is 17.3. The molecule has 0 spiro atoms. The number of ether oxygens (including phenoxy) is 1. The first-order valence-electron chi connectivity index (χ1n) is 11.9. The van der Waals surface area contributed by atoms with Gasteiger partial charge in [-0.2, -0.15) is 4.31 Å². The molecule has 4 rings (SSSR count). The number of carbonyl (C=O) groups excluding carboxylic acids is 1. The monoisotopic (exact) mass is 485 g/mol. The van der Waals surface area contributed by atoms with Crippen LogP contribution < -0.4 is 4.74 Å². The van der Waals surface area contributed by atoms with Crippen molar-refractivity contribution in [3.05, 3.63) is 58.1 Å². The van der Waals surface area contributed by atoms with Crippen molar-refractivity contribution >= 4 is 15.9 Å². The molecule has 0 aliphatic carbocycles. The van der Waals surface area contributed by atoms with Crippen molar-refractivity contribution in [2.45, 2.75) is 44.0 Å². The van der Waals surface area contributed by atoms with Crippen LogP contribution in [0.4, 0.5) is 0 Å². The molecule has 34 heavy (non-hydrogen) atoms. The van der Waals surface area contributed by atoms with Gasteiger partial charge in [-0.25, -0.2) is 8.42 Å². The third kappa shape index (κ3) is 5.14. The maximum atomic E-state index is 13.2. The summed E-state index contributed by atoms with van der Waals surface area (Å²) in [5, 5.41) is 0. The number of methoxy groups -OCH3 is 1. The highest BCUT2D eigenvalue weighted by molar-refractivity contribution is 7.89. The third-order valence-corrected chi connectivity index (χ3v) is 9.15. The van der Waals surface area contributed by atoms with Gasteiger partial charge in [-0.15, -0.1) is 0 Å². The number of rotatable bonds is 6. The van der Waals surface area contributed by atoms with Crippen molar-refractivity contribution in [3.8, 4) is 5.75 Å². The molecule has 0 atom stereocenters. The lowest BCUT2D eigenvalue weighted by Gasteiger charge is -2.30. The van der Waals surface area contributed by atoms with Crippen molar-refractivity contribution < 1.29 is 17.9 Å². The van der Waals surface area contributed by atoms with E-state index in [-0.39, 0.29) is 18.9 Å². The first-order valence-corrected chi connectivity index (χ1v) is 13.3. The van der Waals surface area contributed by atoms with Gasteiger partial charge in [0.15, 0.2) is 0 Å². The number of benzene rings is 2. The summed E-state index contributed by atoms with van der Waals surface area (Å²) in [6, 6.07) is 10.1. The van der Waals surface area contributed by atoms with Crippen LogP contribution in [0.25, 0.3) is 0 Å². The molecule has 0 bridgehead atoms. The Kier molecular flexibility index (Phi) is 7.31. The molecule has 0 fully saturated rings. The number of amides is 1. The number of carbonyl (C=O) groups is 1. The highest BCUT2D eigenvalue weighted by atomic mass is 32.2. The SMILES string of the molecule is COc1cc(C)c2c(c1)CCN(CCC(=O)N(C)Cc1ccc3c(c1)CCN(C)CC3)S2(=O)=O. The molecule has 0 saturated heterocycles. The molecule has 2 aliphatic heterocycles. The molecule has 2 aromatic carbocycles. The fraction of sp³-hybridized carbons (Fsp3) is 0.500. The van der Waals surface area contributed by atoms with E-state index in [4.69, 9.17) is 4.74 Å². The Balaban J connectivity index is 1.38. The zero-order valence-corrected chi connectivity index (χ0v) is 21.5. The van der Waals surface area contributed by atoms with Gasteiger partial charge in [-0.1, -0.05) is 18.2 Å². The second-order valence-corrected chi connectivity index (χ2v) is 11.4. The number of hydrogen-bond donors (Lipinski definition) is 0. The Bertz CT molecular complexity index is 1180. The predicted molar refractivity (Wildman–Crippen MR) is 133 cm³/mol. The Morgan fingerprint density at radius 2 is 1.74 bits per heavy atom. The van der Waals surface area contributed by atoms with Crippen LogP contribution in [0.3, 0.4) is 0 Å². The quantitative estimate of drug-likeness (QED) is 0.629. The molecule has 0 unspecified atom stereocenters. The van der Waals surface area contributed by atoms with Crippen molar-refractivity contribution in [1.82, 2.24) is 14.1 Å². The molecular weight excluding hydrogens is 450 g/mol. The summed E-state index contributed by atoms with van der Waals surface area (Å²) in [5.41, 5.74) is 5.34. The predicted octanol–water partition coefficient (Wildman–Crippen LogP) is 2.63. The average molecular weight is 486 g/mol. The average Bonchev–Trinajstić information content (AvgIpc) is 2.98. The second-order valence-electron chi connectivity index (χ2n) is 9.49. The lowest BCUT2D eigenvalue weighted by molar-refractivity contribution is -0.130. The van der Waals surface area contributed by atoms with Crippen LogP contribution in [0.1, 0.15) is 34.2 Å². The van der Waals surface area contributed by atoms with Crippen LogP contribution in [0.15, 0.2) is 35.2 Å². The van der Waals surface area contributed by atoms with E-state index in [1.807, 2.05) is 0 Å². The lowest BCUT2D eigenvalue weighted by Crippen LogP contribution is -2.40. The number of hydrogen-bond acceptors (Lipinski definition) is 5. The van der Waals surface area contributed by atoms with Gasteiger partial charge < -0.3 is 14.5 Å². The van der Waals surface area contributed by atoms with Crippen molar-refractivity contribution in [2.24, 2.45) is 0 Å². The molecule has 0 radical (unpaired) electrons. The molecule has 0 aromatic heterocycles. The Morgan fingerprint density at radius 3 is 2.47 bits per heavy atom. The van der Waals surface area contributed by atoms with Crippen LogP contribution in [0, 0.1) is 6.92 Å². The number of aryl methyl sites for hydroxylation is 1. The fourth-order valence-corrected chi connectivity index (χ4v) is 6.85. The van der Waals surface area contributed by atoms with E-state index < -0.39 is 10.0 Å². The Hall–Kier alpha value is -2.42. The van der Waals surface area contributed by atoms with E-state index in [1.54, 1.807) is 38.1 Å². The first kappa shape index (κ1) is 24.7. The molecule has 0 N–H and O–H groups in total. The van der Waals surface area contributed by atoms with E-state index in [0.717, 1.165) is 37.1 Å². The molecular formula is C26H35N3O4S. The van der Waals surface area contributed by atoms with Gasteiger partial charge in [0.05, 0.1) is 12.0 Å². The number of nitrogens with zero attached hydrogens (tertiary/aromatic N) is 3. The second kappa shape index (κ2) is 10.1. The van der Waals surface area contributed by atoms with Crippen molar-refractivity contribution in [3.63, 3.8) is 0 Å². The van der Waals surface area contributed by atoms with Gasteiger partial charge in [-0.3, -0.25) is 4.79 Å². The van der Waals surface area contributed by atoms with Crippen LogP contribution in [0.5, 0.6) is 5.75 Å². The lowest BCUT2D eigenvalue weighted by atomic mass is 10.00. The fourth-order valence-electron chi connectivity index (χ4n) is 4.97. The minimum Gasteiger partial charge on any atom is -0.497 e. The van der Waals surface area contributed by atoms with Gasteiger partial charge in [-0.05, 0) is 73.2 Å². The van der Waals surface area contributed by atoms with E-state index in [2.05, 4.69) is 30.1 Å². The van der Waals surface area contributed by atoms with E-state index in [9.17, 15) is 13.2 Å². The zero-order chi connectivity index (χ0) is 24.5. The van der Waals surface area contributed by atoms with Crippen LogP contribution >= 0.6 is 0 Å². The van der Waals surface area contributed by atoms with Gasteiger partial charge in [0, 0.05) is 46.2 Å². The van der Waals surface area contributed by atoms with Crippen molar-refractivity contribution in [1.29, 1.82) is 0 Å². The third-order valence-electron chi connectivity index (χ3n) is 7.01. The molecule has 1 amide bonds. The van der Waals surface area contributed by atoms with E-state index >= 15 is 0 Å². The van der Waals surface area contributed by atoms with Crippen LogP contribution in [-0.2, 0) is 40.6 Å². The Morgan fingerprint density at radius 1 is 1.03 bits per heavy atom. The Labute approximate surface area is 203 Å². The molecule has 2 aliphatic rings. The summed E-state index contributed by atoms with van der Waals surface area (Å²) >= 11 is 0. The minimum atomic E-state index is -3.63. The van der Waals surface area contributed by atoms with Gasteiger partial charge >= 0.3 is 0 Å². The van der Waals surface area contributed by atoms with Crippen LogP contribution in [0.2, 0.25) is 0 Å². The standard InChI is InChI=1S/C26H35N3O4S/c1-19-15-24(33-4)17-23-9-13-29(34(31,32)26(19)23)14-10-25(30)28(3)18-20-5-6-21-7-11-27(2)12-8-22(21)16-20/h5-6,15-17H,7-14,18H2,1-4H3. The summed E-state index contributed by atoms with van der Waals surface area (Å²) in [5.74, 6) is 0.614. The molecule has 0 saturated carbocycles. The molecule has 7 nitrogen and oxygen atoms in total. The zero-order valence-electron chi connectivity index (χ0n) is 20.6. The maximum Gasteiger partial charge on any atom is 0.243 e. The highest BCUT2D eigenvalue weighted by Gasteiger charge is 2.33. The molecule has 184 valence electrons. The summed E-state index contributed by atoms with van der Waals surface area (Å²) < 4.78 is 33.2. The number of likely N-dealkylation sites (N-methyl/N-ethyl adjacent to an activating group) is 1. The summed E-state index contributed by atoms with van der Waals surface area (Å²) in [6.45, 7) is 4.99. The molecule has 8 heteroatoms. The number of sulfonamides is 1. The summed E-state index contributed by atoms with van der Waals surface area (Å²) in [6.07, 6.45) is 2.86. The largest absolute Gasteiger partial charge is 0.497 e. The van der Waals surface area contributed by atoms with Crippen LogP contribution in [-0.4, -0.2) is 75.8 Å².